The Bertz CT molecular complexity index is 355. The molecule has 1 saturated heterocycles. The normalized spacial score (nSPS) is 20.2. The van der Waals surface area contributed by atoms with Crippen molar-refractivity contribution >= 4 is 15.9 Å². The number of aliphatic hydroxyl groups excluding tert-OH is 1. The summed E-state index contributed by atoms with van der Waals surface area (Å²) in [5.74, 6) is 1.59. The van der Waals surface area contributed by atoms with Gasteiger partial charge < -0.3 is 9.84 Å². The molecule has 1 N–H and O–H groups in total. The van der Waals surface area contributed by atoms with E-state index in [0.717, 1.165) is 42.9 Å². The molecule has 1 aromatic carbocycles. The molecule has 1 fully saturated rings. The molecule has 2 rings (SSSR count). The van der Waals surface area contributed by atoms with Crippen molar-refractivity contribution in [3.8, 4) is 5.75 Å². The van der Waals surface area contributed by atoms with E-state index >= 15 is 0 Å². The summed E-state index contributed by atoms with van der Waals surface area (Å²) in [5, 5.41) is 8.91. The van der Waals surface area contributed by atoms with Gasteiger partial charge in [0, 0.05) is 24.2 Å². The molecular weight excluding hydrogens is 294 g/mol. The number of likely N-dealkylation sites (tertiary alicyclic amines) is 1. The lowest BCUT2D eigenvalue weighted by molar-refractivity contribution is 0.222. The van der Waals surface area contributed by atoms with Crippen molar-refractivity contribution in [2.75, 3.05) is 32.8 Å². The highest BCUT2D eigenvalue weighted by Gasteiger charge is 2.21. The van der Waals surface area contributed by atoms with E-state index < -0.39 is 0 Å². The van der Waals surface area contributed by atoms with Gasteiger partial charge in [-0.15, -0.1) is 0 Å². The van der Waals surface area contributed by atoms with Crippen LogP contribution in [0.4, 0.5) is 0 Å². The number of aliphatic hydroxyl groups is 1. The van der Waals surface area contributed by atoms with Crippen molar-refractivity contribution in [3.63, 3.8) is 0 Å². The average Bonchev–Trinajstić information content (AvgIpc) is 2.80. The first-order valence-electron chi connectivity index (χ1n) is 6.49. The van der Waals surface area contributed by atoms with Gasteiger partial charge in [0.2, 0.25) is 0 Å². The minimum atomic E-state index is 0.313. The van der Waals surface area contributed by atoms with E-state index in [2.05, 4.69) is 20.8 Å². The fraction of sp³-hybridized carbons (Fsp3) is 0.571. The maximum atomic E-state index is 8.91. The van der Waals surface area contributed by atoms with Crippen molar-refractivity contribution in [1.29, 1.82) is 0 Å². The highest BCUT2D eigenvalue weighted by Crippen LogP contribution is 2.19. The molecule has 1 aliphatic rings. The summed E-state index contributed by atoms with van der Waals surface area (Å²) in [6, 6.07) is 7.93. The molecule has 1 heterocycles. The molecule has 0 aliphatic carbocycles. The van der Waals surface area contributed by atoms with Crippen LogP contribution in [0.1, 0.15) is 12.8 Å². The number of benzene rings is 1. The number of nitrogens with zero attached hydrogens (tertiary/aromatic N) is 1. The Kier molecular flexibility index (Phi) is 5.47. The first-order valence-corrected chi connectivity index (χ1v) is 7.29. The monoisotopic (exact) mass is 313 g/mol. The molecule has 0 radical (unpaired) electrons. The van der Waals surface area contributed by atoms with E-state index in [0.29, 0.717) is 12.5 Å². The summed E-state index contributed by atoms with van der Waals surface area (Å²) < 4.78 is 6.78. The largest absolute Gasteiger partial charge is 0.492 e. The van der Waals surface area contributed by atoms with E-state index in [9.17, 15) is 0 Å². The molecule has 0 aromatic heterocycles. The van der Waals surface area contributed by atoms with Gasteiger partial charge in [-0.2, -0.15) is 0 Å². The third-order valence-corrected chi connectivity index (χ3v) is 3.93. The minimum Gasteiger partial charge on any atom is -0.492 e. The second-order valence-corrected chi connectivity index (χ2v) is 5.69. The zero-order valence-corrected chi connectivity index (χ0v) is 12.1. The lowest BCUT2D eigenvalue weighted by atomic mass is 10.1. The number of hydrogen-bond acceptors (Lipinski definition) is 3. The van der Waals surface area contributed by atoms with E-state index in [1.807, 2.05) is 24.3 Å². The molecule has 18 heavy (non-hydrogen) atoms. The second-order valence-electron chi connectivity index (χ2n) is 4.77. The Morgan fingerprint density at radius 1 is 1.33 bits per heavy atom. The molecule has 0 saturated carbocycles. The van der Waals surface area contributed by atoms with Gasteiger partial charge in [-0.25, -0.2) is 0 Å². The fourth-order valence-electron chi connectivity index (χ4n) is 2.36. The molecule has 3 nitrogen and oxygen atoms in total. The van der Waals surface area contributed by atoms with E-state index in [4.69, 9.17) is 9.84 Å². The first-order chi connectivity index (χ1) is 8.78. The van der Waals surface area contributed by atoms with Crippen LogP contribution in [0, 0.1) is 5.92 Å². The van der Waals surface area contributed by atoms with Crippen LogP contribution in [0.5, 0.6) is 5.75 Å². The lowest BCUT2D eigenvalue weighted by Crippen LogP contribution is -2.26. The average molecular weight is 314 g/mol. The summed E-state index contributed by atoms with van der Waals surface area (Å²) in [5.41, 5.74) is 0. The van der Waals surface area contributed by atoms with Crippen molar-refractivity contribution in [2.45, 2.75) is 12.8 Å². The Balaban J connectivity index is 1.65. The molecule has 1 aliphatic heterocycles. The van der Waals surface area contributed by atoms with Gasteiger partial charge in [-0.05, 0) is 49.6 Å². The Morgan fingerprint density at radius 3 is 2.83 bits per heavy atom. The summed E-state index contributed by atoms with van der Waals surface area (Å²) in [4.78, 5) is 2.42. The van der Waals surface area contributed by atoms with Crippen molar-refractivity contribution in [2.24, 2.45) is 5.92 Å². The minimum absolute atomic E-state index is 0.313. The summed E-state index contributed by atoms with van der Waals surface area (Å²) in [6.07, 6.45) is 2.14. The Labute approximate surface area is 117 Å². The summed E-state index contributed by atoms with van der Waals surface area (Å²) >= 11 is 3.40. The molecule has 1 atom stereocenters. The first kappa shape index (κ1) is 13.8. The van der Waals surface area contributed by atoms with Crippen LogP contribution in [-0.4, -0.2) is 42.9 Å². The van der Waals surface area contributed by atoms with Gasteiger partial charge in [0.05, 0.1) is 0 Å². The zero-order chi connectivity index (χ0) is 12.8. The maximum absolute atomic E-state index is 8.91. The van der Waals surface area contributed by atoms with Crippen LogP contribution in [0.15, 0.2) is 28.7 Å². The van der Waals surface area contributed by atoms with Crippen LogP contribution in [-0.2, 0) is 0 Å². The molecular formula is C14H20BrNO2. The van der Waals surface area contributed by atoms with Gasteiger partial charge in [-0.3, -0.25) is 4.90 Å². The highest BCUT2D eigenvalue weighted by molar-refractivity contribution is 9.10. The van der Waals surface area contributed by atoms with Gasteiger partial charge in [0.15, 0.2) is 0 Å². The molecule has 1 aromatic rings. The molecule has 100 valence electrons. The molecule has 4 heteroatoms. The van der Waals surface area contributed by atoms with E-state index in [1.54, 1.807) is 0 Å². The van der Waals surface area contributed by atoms with Crippen molar-refractivity contribution in [1.82, 2.24) is 4.90 Å². The van der Waals surface area contributed by atoms with Crippen LogP contribution >= 0.6 is 15.9 Å². The van der Waals surface area contributed by atoms with Gasteiger partial charge in [-0.1, -0.05) is 15.9 Å². The standard InChI is InChI=1S/C14H20BrNO2/c15-13-1-3-14(4-2-13)18-10-8-16-7-5-12(11-16)6-9-17/h1-4,12,17H,5-11H2. The number of hydrogen-bond donors (Lipinski definition) is 1. The van der Waals surface area contributed by atoms with E-state index in [1.165, 1.54) is 6.42 Å². The molecule has 0 spiro atoms. The van der Waals surface area contributed by atoms with Crippen LogP contribution in [0.3, 0.4) is 0 Å². The van der Waals surface area contributed by atoms with Gasteiger partial charge >= 0.3 is 0 Å². The smallest absolute Gasteiger partial charge is 0.119 e. The second kappa shape index (κ2) is 7.12. The third-order valence-electron chi connectivity index (χ3n) is 3.40. The molecule has 1 unspecified atom stereocenters. The van der Waals surface area contributed by atoms with E-state index in [-0.39, 0.29) is 0 Å². The number of ether oxygens (including phenoxy) is 1. The number of rotatable bonds is 6. The maximum Gasteiger partial charge on any atom is 0.119 e. The van der Waals surface area contributed by atoms with Crippen molar-refractivity contribution < 1.29 is 9.84 Å². The molecule has 0 amide bonds. The highest BCUT2D eigenvalue weighted by atomic mass is 79.9. The Morgan fingerprint density at radius 2 is 2.11 bits per heavy atom. The fourth-order valence-corrected chi connectivity index (χ4v) is 2.62. The SMILES string of the molecule is OCCC1CCN(CCOc2ccc(Br)cc2)C1. The van der Waals surface area contributed by atoms with Crippen LogP contribution in [0.2, 0.25) is 0 Å². The zero-order valence-electron chi connectivity index (χ0n) is 10.5. The predicted molar refractivity (Wildman–Crippen MR) is 75.9 cm³/mol. The lowest BCUT2D eigenvalue weighted by Gasteiger charge is -2.16. The third kappa shape index (κ3) is 4.26. The Hall–Kier alpha value is -0.580. The van der Waals surface area contributed by atoms with Crippen LogP contribution < -0.4 is 4.74 Å². The molecule has 0 bridgehead atoms. The van der Waals surface area contributed by atoms with Crippen molar-refractivity contribution in [3.05, 3.63) is 28.7 Å². The van der Waals surface area contributed by atoms with Gasteiger partial charge in [0.25, 0.3) is 0 Å². The quantitative estimate of drug-likeness (QED) is 0.876. The van der Waals surface area contributed by atoms with Gasteiger partial charge in [0.1, 0.15) is 12.4 Å². The van der Waals surface area contributed by atoms with Crippen LogP contribution in [0.25, 0.3) is 0 Å². The predicted octanol–water partition coefficient (Wildman–Crippen LogP) is 2.53. The summed E-state index contributed by atoms with van der Waals surface area (Å²) in [7, 11) is 0. The summed E-state index contributed by atoms with van der Waals surface area (Å²) in [6.45, 7) is 4.25. The number of halogens is 1. The topological polar surface area (TPSA) is 32.7 Å².